The number of primary sulfonamides is 1. The third kappa shape index (κ3) is 3.47. The first-order chi connectivity index (χ1) is 9.38. The van der Waals surface area contributed by atoms with Crippen LogP contribution in [0.2, 0.25) is 5.02 Å². The van der Waals surface area contributed by atoms with E-state index in [9.17, 15) is 12.8 Å². The Bertz CT molecular complexity index is 734. The maximum Gasteiger partial charge on any atom is 0.238 e. The highest BCUT2D eigenvalue weighted by atomic mass is 35.5. The third-order valence-electron chi connectivity index (χ3n) is 2.57. The monoisotopic (exact) mass is 315 g/mol. The van der Waals surface area contributed by atoms with Gasteiger partial charge in [0, 0.05) is 10.6 Å². The Labute approximate surface area is 121 Å². The van der Waals surface area contributed by atoms with Crippen molar-refractivity contribution >= 4 is 21.6 Å². The van der Waals surface area contributed by atoms with E-state index in [1.54, 1.807) is 24.3 Å². The molecule has 0 amide bonds. The van der Waals surface area contributed by atoms with Crippen LogP contribution in [0.3, 0.4) is 0 Å². The molecule has 0 unspecified atom stereocenters. The molecule has 4 nitrogen and oxygen atoms in total. The number of ether oxygens (including phenoxy) is 1. The van der Waals surface area contributed by atoms with Gasteiger partial charge >= 0.3 is 0 Å². The van der Waals surface area contributed by atoms with Crippen LogP contribution in [0.5, 0.6) is 5.75 Å². The van der Waals surface area contributed by atoms with Crippen LogP contribution in [-0.2, 0) is 16.6 Å². The van der Waals surface area contributed by atoms with Gasteiger partial charge in [0.25, 0.3) is 0 Å². The second kappa shape index (κ2) is 5.78. The first-order valence-corrected chi connectivity index (χ1v) is 7.49. The fourth-order valence-electron chi connectivity index (χ4n) is 1.55. The Hall–Kier alpha value is -1.63. The summed E-state index contributed by atoms with van der Waals surface area (Å²) in [5, 5.41) is 5.42. The Kier molecular flexibility index (Phi) is 4.27. The molecule has 0 spiro atoms. The summed E-state index contributed by atoms with van der Waals surface area (Å²) in [7, 11) is -3.93. The second-order valence-corrected chi connectivity index (χ2v) is 5.99. The van der Waals surface area contributed by atoms with Crippen LogP contribution < -0.4 is 9.88 Å². The van der Waals surface area contributed by atoms with Gasteiger partial charge in [-0.05, 0) is 24.3 Å². The van der Waals surface area contributed by atoms with E-state index in [0.717, 1.165) is 6.07 Å². The summed E-state index contributed by atoms with van der Waals surface area (Å²) < 4.78 is 41.1. The fourth-order valence-corrected chi connectivity index (χ4v) is 2.26. The minimum Gasteiger partial charge on any atom is -0.486 e. The topological polar surface area (TPSA) is 69.4 Å². The van der Waals surface area contributed by atoms with E-state index in [0.29, 0.717) is 10.6 Å². The highest BCUT2D eigenvalue weighted by Gasteiger charge is 2.12. The molecule has 0 radical (unpaired) electrons. The Morgan fingerprint density at radius 3 is 2.50 bits per heavy atom. The van der Waals surface area contributed by atoms with Gasteiger partial charge in [0.15, 0.2) is 11.6 Å². The summed E-state index contributed by atoms with van der Waals surface area (Å²) in [6.45, 7) is 0.0747. The van der Waals surface area contributed by atoms with Crippen LogP contribution >= 0.6 is 11.6 Å². The molecule has 2 aromatic carbocycles. The van der Waals surface area contributed by atoms with Crippen molar-refractivity contribution in [3.8, 4) is 5.75 Å². The predicted molar refractivity (Wildman–Crippen MR) is 73.6 cm³/mol. The molecule has 2 aromatic rings. The van der Waals surface area contributed by atoms with Crippen LogP contribution in [-0.4, -0.2) is 8.42 Å². The first kappa shape index (κ1) is 14.8. The molecule has 0 bridgehead atoms. The second-order valence-electron chi connectivity index (χ2n) is 4.02. The van der Waals surface area contributed by atoms with Crippen molar-refractivity contribution in [3.63, 3.8) is 0 Å². The molecule has 0 heterocycles. The SMILES string of the molecule is NS(=O)(=O)c1ccc(OCc2ccccc2Cl)c(F)c1. The van der Waals surface area contributed by atoms with Crippen molar-refractivity contribution in [1.29, 1.82) is 0 Å². The van der Waals surface area contributed by atoms with Gasteiger partial charge in [-0.3, -0.25) is 0 Å². The Morgan fingerprint density at radius 1 is 1.20 bits per heavy atom. The van der Waals surface area contributed by atoms with Crippen LogP contribution in [0.4, 0.5) is 4.39 Å². The van der Waals surface area contributed by atoms with Gasteiger partial charge in [0.1, 0.15) is 6.61 Å². The molecule has 2 N–H and O–H groups in total. The highest BCUT2D eigenvalue weighted by Crippen LogP contribution is 2.23. The van der Waals surface area contributed by atoms with Crippen molar-refractivity contribution in [3.05, 3.63) is 58.9 Å². The lowest BCUT2D eigenvalue weighted by molar-refractivity contribution is 0.290. The van der Waals surface area contributed by atoms with E-state index in [-0.39, 0.29) is 17.3 Å². The molecular formula is C13H11ClFNO3S. The normalized spacial score (nSPS) is 11.3. The molecule has 0 aliphatic heterocycles. The van der Waals surface area contributed by atoms with E-state index in [1.165, 1.54) is 12.1 Å². The van der Waals surface area contributed by atoms with E-state index in [1.807, 2.05) is 0 Å². The molecule has 0 aliphatic carbocycles. The molecule has 20 heavy (non-hydrogen) atoms. The lowest BCUT2D eigenvalue weighted by atomic mass is 10.2. The third-order valence-corrected chi connectivity index (χ3v) is 3.85. The van der Waals surface area contributed by atoms with Gasteiger partial charge in [-0.25, -0.2) is 17.9 Å². The molecule has 0 fully saturated rings. The Morgan fingerprint density at radius 2 is 1.90 bits per heavy atom. The van der Waals surface area contributed by atoms with Crippen LogP contribution in [0.15, 0.2) is 47.4 Å². The van der Waals surface area contributed by atoms with E-state index in [2.05, 4.69) is 0 Å². The van der Waals surface area contributed by atoms with Crippen molar-refractivity contribution < 1.29 is 17.5 Å². The van der Waals surface area contributed by atoms with Crippen molar-refractivity contribution in [2.45, 2.75) is 11.5 Å². The number of sulfonamides is 1. The summed E-state index contributed by atoms with van der Waals surface area (Å²) >= 11 is 5.95. The zero-order chi connectivity index (χ0) is 14.8. The van der Waals surface area contributed by atoms with Gasteiger partial charge in [-0.15, -0.1) is 0 Å². The van der Waals surface area contributed by atoms with Crippen LogP contribution in [0.25, 0.3) is 0 Å². The van der Waals surface area contributed by atoms with Gasteiger partial charge < -0.3 is 4.74 Å². The molecular weight excluding hydrogens is 305 g/mol. The molecule has 2 rings (SSSR count). The van der Waals surface area contributed by atoms with Gasteiger partial charge in [-0.1, -0.05) is 29.8 Å². The highest BCUT2D eigenvalue weighted by molar-refractivity contribution is 7.89. The molecule has 7 heteroatoms. The number of rotatable bonds is 4. The van der Waals surface area contributed by atoms with E-state index in [4.69, 9.17) is 21.5 Å². The Balaban J connectivity index is 2.17. The van der Waals surface area contributed by atoms with E-state index >= 15 is 0 Å². The summed E-state index contributed by atoms with van der Waals surface area (Å²) in [5.41, 5.74) is 0.698. The summed E-state index contributed by atoms with van der Waals surface area (Å²) in [6, 6.07) is 10.2. The molecule has 0 saturated heterocycles. The van der Waals surface area contributed by atoms with Crippen molar-refractivity contribution in [2.75, 3.05) is 0 Å². The minimum absolute atomic E-state index is 0.0719. The van der Waals surface area contributed by atoms with Gasteiger partial charge in [0.05, 0.1) is 4.90 Å². The smallest absolute Gasteiger partial charge is 0.238 e. The molecule has 0 aromatic heterocycles. The summed E-state index contributed by atoms with van der Waals surface area (Å²) in [4.78, 5) is -0.305. The average molecular weight is 316 g/mol. The summed E-state index contributed by atoms with van der Waals surface area (Å²) in [6.07, 6.45) is 0. The average Bonchev–Trinajstić information content (AvgIpc) is 2.38. The van der Waals surface area contributed by atoms with Gasteiger partial charge in [-0.2, -0.15) is 0 Å². The number of nitrogens with two attached hydrogens (primary N) is 1. The van der Waals surface area contributed by atoms with E-state index < -0.39 is 15.8 Å². The number of halogens is 2. The van der Waals surface area contributed by atoms with Crippen molar-refractivity contribution in [2.24, 2.45) is 5.14 Å². The lowest BCUT2D eigenvalue weighted by Crippen LogP contribution is -2.12. The molecule has 0 atom stereocenters. The zero-order valence-electron chi connectivity index (χ0n) is 10.2. The van der Waals surface area contributed by atoms with Gasteiger partial charge in [0.2, 0.25) is 10.0 Å². The number of benzene rings is 2. The largest absolute Gasteiger partial charge is 0.486 e. The van der Waals surface area contributed by atoms with Crippen LogP contribution in [0.1, 0.15) is 5.56 Å². The number of hydrogen-bond donors (Lipinski definition) is 1. The summed E-state index contributed by atoms with van der Waals surface area (Å²) in [5.74, 6) is -0.874. The molecule has 0 aliphatic rings. The zero-order valence-corrected chi connectivity index (χ0v) is 11.8. The quantitative estimate of drug-likeness (QED) is 0.943. The van der Waals surface area contributed by atoms with Crippen LogP contribution in [0, 0.1) is 5.82 Å². The van der Waals surface area contributed by atoms with Crippen molar-refractivity contribution in [1.82, 2.24) is 0 Å². The number of hydrogen-bond acceptors (Lipinski definition) is 3. The predicted octanol–water partition coefficient (Wildman–Crippen LogP) is 2.71. The fraction of sp³-hybridized carbons (Fsp3) is 0.0769. The molecule has 106 valence electrons. The minimum atomic E-state index is -3.93. The first-order valence-electron chi connectivity index (χ1n) is 5.56. The standard InChI is InChI=1S/C13H11ClFNO3S/c14-11-4-2-1-3-9(11)8-19-13-6-5-10(7-12(13)15)20(16,17)18/h1-7H,8H2,(H2,16,17,18). The molecule has 0 saturated carbocycles. The maximum absolute atomic E-state index is 13.7. The maximum atomic E-state index is 13.7. The lowest BCUT2D eigenvalue weighted by Gasteiger charge is -2.09.